The van der Waals surface area contributed by atoms with Crippen molar-refractivity contribution in [2.45, 2.75) is 6.61 Å². The maximum Gasteiger partial charge on any atom is 0.138 e. The van der Waals surface area contributed by atoms with Gasteiger partial charge in [0, 0.05) is 5.02 Å². The summed E-state index contributed by atoms with van der Waals surface area (Å²) in [5.74, 6) is 0.685. The summed E-state index contributed by atoms with van der Waals surface area (Å²) >= 11 is 11.5. The Morgan fingerprint density at radius 2 is 2.00 bits per heavy atom. The van der Waals surface area contributed by atoms with Crippen molar-refractivity contribution in [3.63, 3.8) is 0 Å². The summed E-state index contributed by atoms with van der Waals surface area (Å²) < 4.78 is 5.52. The van der Waals surface area contributed by atoms with Crippen molar-refractivity contribution in [1.82, 2.24) is 4.98 Å². The van der Waals surface area contributed by atoms with Crippen molar-refractivity contribution >= 4 is 23.2 Å². The molecule has 2 aromatic rings. The van der Waals surface area contributed by atoms with Crippen molar-refractivity contribution in [2.24, 2.45) is 0 Å². The molecule has 0 atom stereocenters. The third kappa shape index (κ3) is 3.12. The van der Waals surface area contributed by atoms with Crippen molar-refractivity contribution < 1.29 is 4.74 Å². The summed E-state index contributed by atoms with van der Waals surface area (Å²) in [6.07, 6.45) is 1.59. The summed E-state index contributed by atoms with van der Waals surface area (Å²) in [6, 6.07) is 11.0. The minimum absolute atomic E-state index is 0.454. The highest BCUT2D eigenvalue weighted by atomic mass is 35.5. The Bertz CT molecular complexity index is 471. The first-order chi connectivity index (χ1) is 7.74. The van der Waals surface area contributed by atoms with Gasteiger partial charge in [-0.2, -0.15) is 0 Å². The summed E-state index contributed by atoms with van der Waals surface area (Å²) in [6.45, 7) is 0.462. The lowest BCUT2D eigenvalue weighted by Crippen LogP contribution is -1.95. The number of halogens is 2. The second-order valence-electron chi connectivity index (χ2n) is 3.24. The zero-order chi connectivity index (χ0) is 11.4. The zero-order valence-corrected chi connectivity index (χ0v) is 9.87. The van der Waals surface area contributed by atoms with Gasteiger partial charge in [-0.05, 0) is 29.8 Å². The maximum atomic E-state index is 5.86. The number of hydrogen-bond donors (Lipinski definition) is 0. The standard InChI is InChI=1S/C12H9Cl2NO/c13-10-3-1-2-9(6-10)8-16-11-4-5-12(14)15-7-11/h1-7H,8H2. The molecular formula is C12H9Cl2NO. The van der Waals surface area contributed by atoms with E-state index < -0.39 is 0 Å². The first kappa shape index (κ1) is 11.2. The molecule has 2 nitrogen and oxygen atoms in total. The maximum absolute atomic E-state index is 5.86. The van der Waals surface area contributed by atoms with Crippen molar-refractivity contribution in [3.05, 3.63) is 58.3 Å². The van der Waals surface area contributed by atoms with E-state index in [-0.39, 0.29) is 0 Å². The fourth-order valence-corrected chi connectivity index (χ4v) is 1.57. The average molecular weight is 254 g/mol. The van der Waals surface area contributed by atoms with Crippen molar-refractivity contribution in [2.75, 3.05) is 0 Å². The molecule has 0 N–H and O–H groups in total. The van der Waals surface area contributed by atoms with Crippen LogP contribution in [0.1, 0.15) is 5.56 Å². The largest absolute Gasteiger partial charge is 0.487 e. The van der Waals surface area contributed by atoms with Crippen LogP contribution in [-0.2, 0) is 6.61 Å². The molecule has 0 bridgehead atoms. The Labute approximate surface area is 104 Å². The monoisotopic (exact) mass is 253 g/mol. The van der Waals surface area contributed by atoms with E-state index in [4.69, 9.17) is 27.9 Å². The molecule has 16 heavy (non-hydrogen) atoms. The molecule has 0 radical (unpaired) electrons. The van der Waals surface area contributed by atoms with Gasteiger partial charge < -0.3 is 4.74 Å². The quantitative estimate of drug-likeness (QED) is 0.773. The number of pyridine rings is 1. The molecule has 1 aromatic carbocycles. The summed E-state index contributed by atoms with van der Waals surface area (Å²) in [7, 11) is 0. The highest BCUT2D eigenvalue weighted by Gasteiger charge is 1.97. The Hall–Kier alpha value is -1.25. The highest BCUT2D eigenvalue weighted by Crippen LogP contribution is 2.15. The number of aromatic nitrogens is 1. The molecular weight excluding hydrogens is 245 g/mol. The average Bonchev–Trinajstić information content (AvgIpc) is 2.28. The van der Waals surface area contributed by atoms with E-state index in [1.807, 2.05) is 24.3 Å². The van der Waals surface area contributed by atoms with Gasteiger partial charge in [-0.25, -0.2) is 4.98 Å². The van der Waals surface area contributed by atoms with E-state index in [0.29, 0.717) is 22.5 Å². The van der Waals surface area contributed by atoms with E-state index in [9.17, 15) is 0 Å². The molecule has 0 aliphatic rings. The van der Waals surface area contributed by atoms with Crippen molar-refractivity contribution in [1.29, 1.82) is 0 Å². The van der Waals surface area contributed by atoms with E-state index in [1.165, 1.54) is 0 Å². The Morgan fingerprint density at radius 1 is 1.12 bits per heavy atom. The third-order valence-corrected chi connectivity index (χ3v) is 2.45. The van der Waals surface area contributed by atoms with E-state index in [2.05, 4.69) is 4.98 Å². The Balaban J connectivity index is 1.99. The summed E-state index contributed by atoms with van der Waals surface area (Å²) in [5, 5.41) is 1.16. The molecule has 1 aromatic heterocycles. The molecule has 2 rings (SSSR count). The molecule has 82 valence electrons. The number of nitrogens with zero attached hydrogens (tertiary/aromatic N) is 1. The predicted molar refractivity (Wildman–Crippen MR) is 65.0 cm³/mol. The molecule has 0 fully saturated rings. The van der Waals surface area contributed by atoms with Crippen LogP contribution in [0.15, 0.2) is 42.6 Å². The van der Waals surface area contributed by atoms with Gasteiger partial charge in [0.05, 0.1) is 6.20 Å². The fourth-order valence-electron chi connectivity index (χ4n) is 1.24. The molecule has 0 saturated heterocycles. The minimum atomic E-state index is 0.454. The fraction of sp³-hybridized carbons (Fsp3) is 0.0833. The molecule has 0 spiro atoms. The van der Waals surface area contributed by atoms with Crippen LogP contribution in [0, 0.1) is 0 Å². The van der Waals surface area contributed by atoms with Crippen LogP contribution in [-0.4, -0.2) is 4.98 Å². The number of ether oxygens (including phenoxy) is 1. The van der Waals surface area contributed by atoms with Crippen LogP contribution < -0.4 is 4.74 Å². The third-order valence-electron chi connectivity index (χ3n) is 1.99. The normalized spacial score (nSPS) is 10.1. The van der Waals surface area contributed by atoms with E-state index in [0.717, 1.165) is 5.56 Å². The van der Waals surface area contributed by atoms with Gasteiger partial charge in [0.2, 0.25) is 0 Å². The number of hydrogen-bond acceptors (Lipinski definition) is 2. The van der Waals surface area contributed by atoms with Gasteiger partial charge in [-0.15, -0.1) is 0 Å². The lowest BCUT2D eigenvalue weighted by atomic mass is 10.2. The SMILES string of the molecule is Clc1cccc(COc2ccc(Cl)nc2)c1. The van der Waals surface area contributed by atoms with Crippen LogP contribution in [0.2, 0.25) is 10.2 Å². The van der Waals surface area contributed by atoms with Crippen molar-refractivity contribution in [3.8, 4) is 5.75 Å². The van der Waals surface area contributed by atoms with Crippen LogP contribution in [0.25, 0.3) is 0 Å². The number of benzene rings is 1. The van der Waals surface area contributed by atoms with Gasteiger partial charge in [-0.1, -0.05) is 35.3 Å². The Morgan fingerprint density at radius 3 is 2.69 bits per heavy atom. The lowest BCUT2D eigenvalue weighted by molar-refractivity contribution is 0.305. The first-order valence-electron chi connectivity index (χ1n) is 4.73. The predicted octanol–water partition coefficient (Wildman–Crippen LogP) is 3.97. The molecule has 0 saturated carbocycles. The van der Waals surface area contributed by atoms with Gasteiger partial charge in [0.1, 0.15) is 17.5 Å². The van der Waals surface area contributed by atoms with Gasteiger partial charge in [-0.3, -0.25) is 0 Å². The minimum Gasteiger partial charge on any atom is -0.487 e. The van der Waals surface area contributed by atoms with Crippen LogP contribution in [0.4, 0.5) is 0 Å². The highest BCUT2D eigenvalue weighted by molar-refractivity contribution is 6.30. The van der Waals surface area contributed by atoms with Gasteiger partial charge in [0.25, 0.3) is 0 Å². The van der Waals surface area contributed by atoms with Gasteiger partial charge >= 0.3 is 0 Å². The molecule has 1 heterocycles. The molecule has 0 aliphatic carbocycles. The number of rotatable bonds is 3. The lowest BCUT2D eigenvalue weighted by Gasteiger charge is -2.05. The second kappa shape index (κ2) is 5.19. The summed E-state index contributed by atoms with van der Waals surface area (Å²) in [5.41, 5.74) is 1.02. The van der Waals surface area contributed by atoms with Crippen LogP contribution in [0.5, 0.6) is 5.75 Å². The molecule has 0 amide bonds. The smallest absolute Gasteiger partial charge is 0.138 e. The van der Waals surface area contributed by atoms with E-state index >= 15 is 0 Å². The summed E-state index contributed by atoms with van der Waals surface area (Å²) in [4.78, 5) is 3.92. The van der Waals surface area contributed by atoms with Gasteiger partial charge in [0.15, 0.2) is 0 Å². The molecule has 0 aliphatic heterocycles. The Kier molecular flexibility index (Phi) is 3.65. The molecule has 0 unspecified atom stereocenters. The first-order valence-corrected chi connectivity index (χ1v) is 5.48. The van der Waals surface area contributed by atoms with E-state index in [1.54, 1.807) is 18.3 Å². The topological polar surface area (TPSA) is 22.1 Å². The van der Waals surface area contributed by atoms with Crippen LogP contribution in [0.3, 0.4) is 0 Å². The zero-order valence-electron chi connectivity index (χ0n) is 8.36. The second-order valence-corrected chi connectivity index (χ2v) is 4.06. The van der Waals surface area contributed by atoms with Crippen LogP contribution >= 0.6 is 23.2 Å². The molecule has 4 heteroatoms.